The fraction of sp³-hybridized carbons (Fsp3) is 0.0714. The summed E-state index contributed by atoms with van der Waals surface area (Å²) in [5, 5.41) is 0. The van der Waals surface area contributed by atoms with E-state index >= 15 is 0 Å². The lowest BCUT2D eigenvalue weighted by molar-refractivity contribution is 0.211. The monoisotopic (exact) mass is 291 g/mol. The van der Waals surface area contributed by atoms with Crippen molar-refractivity contribution in [1.82, 2.24) is 0 Å². The van der Waals surface area contributed by atoms with Crippen molar-refractivity contribution in [3.8, 4) is 5.75 Å². The summed E-state index contributed by atoms with van der Waals surface area (Å²) < 4.78 is 29.0. The quantitative estimate of drug-likeness (QED) is 0.934. The van der Waals surface area contributed by atoms with Gasteiger partial charge in [0.1, 0.15) is 5.75 Å². The number of hydrogen-bond donors (Lipinski definition) is 1. The molecule has 0 unspecified atom stereocenters. The van der Waals surface area contributed by atoms with E-state index in [0.717, 1.165) is 0 Å². The van der Waals surface area contributed by atoms with Crippen LogP contribution in [0.2, 0.25) is 0 Å². The molecule has 20 heavy (non-hydrogen) atoms. The molecule has 2 N–H and O–H groups in total. The molecule has 1 amide bonds. The van der Waals surface area contributed by atoms with Gasteiger partial charge in [-0.3, -0.25) is 0 Å². The highest BCUT2D eigenvalue weighted by atomic mass is 32.2. The summed E-state index contributed by atoms with van der Waals surface area (Å²) in [5.74, 6) is 0.125. The lowest BCUT2D eigenvalue weighted by Crippen LogP contribution is -2.16. The van der Waals surface area contributed by atoms with Crippen LogP contribution in [0.5, 0.6) is 5.75 Å². The number of ether oxygens (including phenoxy) is 1. The first-order valence-corrected chi connectivity index (χ1v) is 7.47. The Kier molecular flexibility index (Phi) is 4.05. The van der Waals surface area contributed by atoms with Crippen molar-refractivity contribution in [3.05, 3.63) is 60.2 Å². The summed E-state index contributed by atoms with van der Waals surface area (Å²) >= 11 is 0. The van der Waals surface area contributed by atoms with E-state index in [0.29, 0.717) is 5.56 Å². The van der Waals surface area contributed by atoms with Gasteiger partial charge in [0.2, 0.25) is 0 Å². The molecular formula is C14H13NO4S. The zero-order chi connectivity index (χ0) is 14.6. The predicted molar refractivity (Wildman–Crippen MR) is 74.0 cm³/mol. The number of carbonyl (C=O) groups excluding carboxylic acids is 1. The van der Waals surface area contributed by atoms with Crippen LogP contribution in [0.15, 0.2) is 59.5 Å². The number of amides is 1. The summed E-state index contributed by atoms with van der Waals surface area (Å²) in [6, 6.07) is 14.5. The number of carbonyl (C=O) groups is 1. The van der Waals surface area contributed by atoms with Crippen molar-refractivity contribution < 1.29 is 17.9 Å². The Morgan fingerprint density at radius 3 is 2.15 bits per heavy atom. The van der Waals surface area contributed by atoms with Gasteiger partial charge in [-0.1, -0.05) is 30.3 Å². The lowest BCUT2D eigenvalue weighted by atomic mass is 10.2. The van der Waals surface area contributed by atoms with Crippen LogP contribution in [-0.2, 0) is 15.6 Å². The van der Waals surface area contributed by atoms with E-state index in [4.69, 9.17) is 5.73 Å². The molecule has 0 spiro atoms. The first-order chi connectivity index (χ1) is 9.47. The van der Waals surface area contributed by atoms with E-state index in [2.05, 4.69) is 4.74 Å². The summed E-state index contributed by atoms with van der Waals surface area (Å²) in [6.45, 7) is 0. The molecule has 0 aromatic heterocycles. The second-order valence-corrected chi connectivity index (χ2v) is 6.13. The van der Waals surface area contributed by atoms with Crippen molar-refractivity contribution in [1.29, 1.82) is 0 Å². The predicted octanol–water partition coefficient (Wildman–Crippen LogP) is 2.12. The van der Waals surface area contributed by atoms with Gasteiger partial charge in [0.05, 0.1) is 10.6 Å². The molecule has 5 nitrogen and oxygen atoms in total. The second-order valence-electron chi connectivity index (χ2n) is 4.14. The number of benzene rings is 2. The van der Waals surface area contributed by atoms with Gasteiger partial charge in [-0.25, -0.2) is 13.2 Å². The number of rotatable bonds is 4. The largest absolute Gasteiger partial charge is 0.411 e. The van der Waals surface area contributed by atoms with Gasteiger partial charge in [-0.2, -0.15) is 0 Å². The maximum absolute atomic E-state index is 12.2. The minimum absolute atomic E-state index is 0.0795. The third-order valence-corrected chi connectivity index (χ3v) is 4.30. The van der Waals surface area contributed by atoms with E-state index in [1.54, 1.807) is 24.3 Å². The van der Waals surface area contributed by atoms with Crippen LogP contribution in [0.3, 0.4) is 0 Å². The third kappa shape index (κ3) is 3.58. The van der Waals surface area contributed by atoms with Crippen LogP contribution in [0.25, 0.3) is 0 Å². The Bertz CT molecular complexity index is 694. The molecule has 0 aliphatic carbocycles. The highest BCUT2D eigenvalue weighted by molar-refractivity contribution is 7.90. The molecule has 0 aliphatic rings. The number of hydrogen-bond acceptors (Lipinski definition) is 4. The second kappa shape index (κ2) is 5.75. The smallest absolute Gasteiger partial charge is 0.409 e. The van der Waals surface area contributed by atoms with E-state index in [1.165, 1.54) is 24.3 Å². The SMILES string of the molecule is NC(=O)Oc1ccc(S(=O)(=O)Cc2ccccc2)cc1. The molecule has 2 aromatic rings. The molecule has 0 atom stereocenters. The summed E-state index contributed by atoms with van der Waals surface area (Å²) in [4.78, 5) is 10.7. The molecule has 0 saturated heterocycles. The molecule has 0 radical (unpaired) electrons. The molecule has 0 bridgehead atoms. The molecule has 104 valence electrons. The summed E-state index contributed by atoms with van der Waals surface area (Å²) in [6.07, 6.45) is -0.940. The Morgan fingerprint density at radius 2 is 1.60 bits per heavy atom. The average Bonchev–Trinajstić information content (AvgIpc) is 2.39. The van der Waals surface area contributed by atoms with E-state index in [1.807, 2.05) is 6.07 Å². The van der Waals surface area contributed by atoms with Gasteiger partial charge in [0.15, 0.2) is 9.84 Å². The van der Waals surface area contributed by atoms with Crippen LogP contribution in [0.1, 0.15) is 5.56 Å². The molecule has 2 rings (SSSR count). The maximum atomic E-state index is 12.2. The van der Waals surface area contributed by atoms with Crippen LogP contribution < -0.4 is 10.5 Å². The fourth-order valence-electron chi connectivity index (χ4n) is 1.71. The minimum Gasteiger partial charge on any atom is -0.411 e. The topological polar surface area (TPSA) is 86.5 Å². The Morgan fingerprint density at radius 1 is 1.00 bits per heavy atom. The zero-order valence-electron chi connectivity index (χ0n) is 10.5. The van der Waals surface area contributed by atoms with Crippen LogP contribution in [0.4, 0.5) is 4.79 Å². The molecule has 2 aromatic carbocycles. The lowest BCUT2D eigenvalue weighted by Gasteiger charge is -2.06. The standard InChI is InChI=1S/C14H13NO4S/c15-14(16)19-12-6-8-13(9-7-12)20(17,18)10-11-4-2-1-3-5-11/h1-9H,10H2,(H2,15,16). The van der Waals surface area contributed by atoms with Gasteiger partial charge in [-0.15, -0.1) is 0 Å². The first kappa shape index (κ1) is 14.1. The number of primary amides is 1. The molecule has 0 fully saturated rings. The number of nitrogens with two attached hydrogens (primary N) is 1. The van der Waals surface area contributed by atoms with Crippen LogP contribution in [-0.4, -0.2) is 14.5 Å². The van der Waals surface area contributed by atoms with E-state index in [9.17, 15) is 13.2 Å². The van der Waals surface area contributed by atoms with Crippen molar-refractivity contribution in [3.63, 3.8) is 0 Å². The molecule has 0 aliphatic heterocycles. The maximum Gasteiger partial charge on any atom is 0.409 e. The first-order valence-electron chi connectivity index (χ1n) is 5.81. The van der Waals surface area contributed by atoms with Crippen molar-refractivity contribution in [2.24, 2.45) is 5.73 Å². The van der Waals surface area contributed by atoms with Crippen molar-refractivity contribution in [2.75, 3.05) is 0 Å². The Labute approximate surface area is 116 Å². The molecule has 6 heteroatoms. The summed E-state index contributed by atoms with van der Waals surface area (Å²) in [5.41, 5.74) is 5.58. The van der Waals surface area contributed by atoms with Crippen molar-refractivity contribution in [2.45, 2.75) is 10.6 Å². The average molecular weight is 291 g/mol. The van der Waals surface area contributed by atoms with Gasteiger partial charge in [0.25, 0.3) is 0 Å². The number of sulfone groups is 1. The van der Waals surface area contributed by atoms with Gasteiger partial charge >= 0.3 is 6.09 Å². The molecule has 0 heterocycles. The Hall–Kier alpha value is -2.34. The van der Waals surface area contributed by atoms with E-state index in [-0.39, 0.29) is 16.4 Å². The van der Waals surface area contributed by atoms with Crippen molar-refractivity contribution >= 4 is 15.9 Å². The highest BCUT2D eigenvalue weighted by Gasteiger charge is 2.15. The normalized spacial score (nSPS) is 11.0. The van der Waals surface area contributed by atoms with Crippen LogP contribution in [0, 0.1) is 0 Å². The van der Waals surface area contributed by atoms with Gasteiger partial charge < -0.3 is 10.5 Å². The zero-order valence-corrected chi connectivity index (χ0v) is 11.3. The summed E-state index contributed by atoms with van der Waals surface area (Å²) in [7, 11) is -3.43. The molecular weight excluding hydrogens is 278 g/mol. The van der Waals surface area contributed by atoms with Gasteiger partial charge in [0, 0.05) is 0 Å². The highest BCUT2D eigenvalue weighted by Crippen LogP contribution is 2.19. The fourth-order valence-corrected chi connectivity index (χ4v) is 3.06. The van der Waals surface area contributed by atoms with E-state index < -0.39 is 15.9 Å². The van der Waals surface area contributed by atoms with Gasteiger partial charge in [-0.05, 0) is 29.8 Å². The minimum atomic E-state index is -3.43. The van der Waals surface area contributed by atoms with Crippen LogP contribution >= 0.6 is 0 Å². The third-order valence-electron chi connectivity index (χ3n) is 2.60. The Balaban J connectivity index is 2.19. The molecule has 0 saturated carbocycles.